The molecule has 0 saturated heterocycles. The largest absolute Gasteiger partial charge is 0.454 e. The molecule has 1 aromatic carbocycles. The smallest absolute Gasteiger partial charge is 0.272 e. The van der Waals surface area contributed by atoms with Gasteiger partial charge in [0.05, 0.1) is 6.33 Å². The molecule has 8 nitrogen and oxygen atoms in total. The van der Waals surface area contributed by atoms with E-state index in [2.05, 4.69) is 20.6 Å². The molecule has 0 fully saturated rings. The number of aromatic nitrogens is 3. The van der Waals surface area contributed by atoms with Gasteiger partial charge in [-0.1, -0.05) is 6.07 Å². The number of amides is 1. The fourth-order valence-electron chi connectivity index (χ4n) is 2.83. The van der Waals surface area contributed by atoms with Crippen molar-refractivity contribution in [3.8, 4) is 11.5 Å². The molecule has 8 heteroatoms. The molecule has 0 spiro atoms. The lowest BCUT2D eigenvalue weighted by Crippen LogP contribution is -2.26. The fourth-order valence-corrected chi connectivity index (χ4v) is 2.83. The first kappa shape index (κ1) is 16.9. The average molecular weight is 365 g/mol. The van der Waals surface area contributed by atoms with Gasteiger partial charge < -0.3 is 24.7 Å². The van der Waals surface area contributed by atoms with Crippen molar-refractivity contribution in [1.82, 2.24) is 19.9 Å². The monoisotopic (exact) mass is 365 g/mol. The number of anilines is 1. The van der Waals surface area contributed by atoms with Crippen molar-refractivity contribution in [3.05, 3.63) is 65.9 Å². The third kappa shape index (κ3) is 3.69. The minimum absolute atomic E-state index is 0.204. The summed E-state index contributed by atoms with van der Waals surface area (Å²) in [5.74, 6) is 1.75. The molecule has 27 heavy (non-hydrogen) atoms. The second kappa shape index (κ2) is 7.36. The molecule has 2 N–H and O–H groups in total. The topological polar surface area (TPSA) is 90.3 Å². The molecule has 0 unspecified atom stereocenters. The minimum Gasteiger partial charge on any atom is -0.454 e. The van der Waals surface area contributed by atoms with E-state index in [1.54, 1.807) is 30.3 Å². The van der Waals surface area contributed by atoms with E-state index < -0.39 is 0 Å². The van der Waals surface area contributed by atoms with Crippen LogP contribution in [0.25, 0.3) is 0 Å². The van der Waals surface area contributed by atoms with Gasteiger partial charge in [-0.05, 0) is 35.4 Å². The van der Waals surface area contributed by atoms with Gasteiger partial charge in [0.1, 0.15) is 0 Å². The van der Waals surface area contributed by atoms with E-state index in [4.69, 9.17) is 9.47 Å². The number of fused-ring (bicyclic) bond motifs is 1. The molecule has 2 aromatic heterocycles. The van der Waals surface area contributed by atoms with Crippen molar-refractivity contribution in [2.24, 2.45) is 7.05 Å². The van der Waals surface area contributed by atoms with Crippen LogP contribution >= 0.6 is 0 Å². The number of aryl methyl sites for hydroxylation is 1. The molecule has 1 aliphatic rings. The average Bonchev–Trinajstić information content (AvgIpc) is 3.31. The van der Waals surface area contributed by atoms with Gasteiger partial charge in [-0.25, -0.2) is 4.98 Å². The van der Waals surface area contributed by atoms with Crippen molar-refractivity contribution < 1.29 is 14.3 Å². The number of rotatable bonds is 6. The summed E-state index contributed by atoms with van der Waals surface area (Å²) in [6.07, 6.45) is 5.08. The molecule has 138 valence electrons. The molecule has 0 atom stereocenters. The Kier molecular flexibility index (Phi) is 4.61. The van der Waals surface area contributed by atoms with Crippen LogP contribution in [0.2, 0.25) is 0 Å². The highest BCUT2D eigenvalue weighted by Crippen LogP contribution is 2.32. The predicted molar refractivity (Wildman–Crippen MR) is 98.5 cm³/mol. The maximum absolute atomic E-state index is 12.7. The molecular weight excluding hydrogens is 346 g/mol. The van der Waals surface area contributed by atoms with Crippen molar-refractivity contribution in [1.29, 1.82) is 0 Å². The summed E-state index contributed by atoms with van der Waals surface area (Å²) in [4.78, 5) is 21.0. The number of imidazole rings is 1. The standard InChI is InChI=1S/C19H19N5O3/c1-24-11-23-18(21-9-13-4-6-20-7-5-13)17(24)19(25)22-10-14-2-3-15-16(8-14)27-12-26-15/h2-8,11,21H,9-10,12H2,1H3,(H,22,25). The summed E-state index contributed by atoms with van der Waals surface area (Å²) in [5, 5.41) is 6.13. The maximum atomic E-state index is 12.7. The summed E-state index contributed by atoms with van der Waals surface area (Å²) in [7, 11) is 1.79. The number of pyridine rings is 1. The zero-order valence-corrected chi connectivity index (χ0v) is 14.8. The Balaban J connectivity index is 1.42. The van der Waals surface area contributed by atoms with E-state index in [9.17, 15) is 4.79 Å². The van der Waals surface area contributed by atoms with Crippen LogP contribution in [0.5, 0.6) is 11.5 Å². The second-order valence-electron chi connectivity index (χ2n) is 6.13. The molecule has 0 bridgehead atoms. The van der Waals surface area contributed by atoms with Crippen LogP contribution in [-0.4, -0.2) is 27.2 Å². The number of hydrogen-bond acceptors (Lipinski definition) is 6. The van der Waals surface area contributed by atoms with Crippen molar-refractivity contribution in [3.63, 3.8) is 0 Å². The van der Waals surface area contributed by atoms with Crippen LogP contribution < -0.4 is 20.1 Å². The number of benzene rings is 1. The minimum atomic E-state index is -0.204. The van der Waals surface area contributed by atoms with Gasteiger partial charge in [0.25, 0.3) is 5.91 Å². The highest BCUT2D eigenvalue weighted by atomic mass is 16.7. The Morgan fingerprint density at radius 3 is 2.78 bits per heavy atom. The van der Waals surface area contributed by atoms with Gasteiger partial charge in [0, 0.05) is 32.5 Å². The molecule has 0 aliphatic carbocycles. The van der Waals surface area contributed by atoms with E-state index in [-0.39, 0.29) is 12.7 Å². The molecule has 1 amide bonds. The van der Waals surface area contributed by atoms with Gasteiger partial charge in [-0.2, -0.15) is 0 Å². The number of nitrogens with zero attached hydrogens (tertiary/aromatic N) is 3. The van der Waals surface area contributed by atoms with E-state index in [1.165, 1.54) is 0 Å². The van der Waals surface area contributed by atoms with Gasteiger partial charge in [-0.3, -0.25) is 9.78 Å². The number of nitrogens with one attached hydrogen (secondary N) is 2. The predicted octanol–water partition coefficient (Wildman–Crippen LogP) is 2.09. The van der Waals surface area contributed by atoms with Gasteiger partial charge >= 0.3 is 0 Å². The van der Waals surface area contributed by atoms with E-state index in [0.29, 0.717) is 30.4 Å². The number of carbonyl (C=O) groups is 1. The van der Waals surface area contributed by atoms with Crippen LogP contribution in [0.4, 0.5) is 5.82 Å². The zero-order chi connectivity index (χ0) is 18.6. The van der Waals surface area contributed by atoms with Gasteiger partial charge in [-0.15, -0.1) is 0 Å². The Morgan fingerprint density at radius 2 is 1.93 bits per heavy atom. The zero-order valence-electron chi connectivity index (χ0n) is 14.8. The molecular formula is C19H19N5O3. The first-order valence-electron chi connectivity index (χ1n) is 8.51. The molecule has 3 heterocycles. The van der Waals surface area contributed by atoms with Crippen molar-refractivity contribution in [2.45, 2.75) is 13.1 Å². The Labute approximate surface area is 156 Å². The molecule has 0 saturated carbocycles. The van der Waals surface area contributed by atoms with E-state index in [1.807, 2.05) is 30.3 Å². The quantitative estimate of drug-likeness (QED) is 0.695. The first-order valence-corrected chi connectivity index (χ1v) is 8.51. The summed E-state index contributed by atoms with van der Waals surface area (Å²) >= 11 is 0. The molecule has 3 aromatic rings. The molecule has 0 radical (unpaired) electrons. The lowest BCUT2D eigenvalue weighted by Gasteiger charge is -2.10. The summed E-state index contributed by atoms with van der Waals surface area (Å²) in [6, 6.07) is 9.44. The highest BCUT2D eigenvalue weighted by Gasteiger charge is 2.18. The number of carbonyl (C=O) groups excluding carboxylic acids is 1. The molecule has 1 aliphatic heterocycles. The Hall–Kier alpha value is -3.55. The number of hydrogen-bond donors (Lipinski definition) is 2. The summed E-state index contributed by atoms with van der Waals surface area (Å²) in [6.45, 7) is 1.17. The lowest BCUT2D eigenvalue weighted by atomic mass is 10.2. The van der Waals surface area contributed by atoms with Crippen LogP contribution in [0.15, 0.2) is 49.1 Å². The summed E-state index contributed by atoms with van der Waals surface area (Å²) < 4.78 is 12.4. The molecule has 4 rings (SSSR count). The van der Waals surface area contributed by atoms with Crippen LogP contribution in [0, 0.1) is 0 Å². The Morgan fingerprint density at radius 1 is 1.11 bits per heavy atom. The van der Waals surface area contributed by atoms with E-state index >= 15 is 0 Å². The summed E-state index contributed by atoms with van der Waals surface area (Å²) in [5.41, 5.74) is 2.47. The van der Waals surface area contributed by atoms with Gasteiger partial charge in [0.2, 0.25) is 6.79 Å². The highest BCUT2D eigenvalue weighted by molar-refractivity contribution is 5.97. The maximum Gasteiger partial charge on any atom is 0.272 e. The third-order valence-corrected chi connectivity index (χ3v) is 4.25. The van der Waals surface area contributed by atoms with Gasteiger partial charge in [0.15, 0.2) is 23.0 Å². The second-order valence-corrected chi connectivity index (χ2v) is 6.13. The third-order valence-electron chi connectivity index (χ3n) is 4.25. The van der Waals surface area contributed by atoms with Crippen LogP contribution in [0.1, 0.15) is 21.6 Å². The first-order chi connectivity index (χ1) is 13.2. The fraction of sp³-hybridized carbons (Fsp3) is 0.211. The Bertz CT molecular complexity index is 955. The van der Waals surface area contributed by atoms with E-state index in [0.717, 1.165) is 16.9 Å². The van der Waals surface area contributed by atoms with Crippen LogP contribution in [0.3, 0.4) is 0 Å². The van der Waals surface area contributed by atoms with Crippen molar-refractivity contribution >= 4 is 11.7 Å². The SMILES string of the molecule is Cn1cnc(NCc2ccncc2)c1C(=O)NCc1ccc2c(c1)OCO2. The van der Waals surface area contributed by atoms with Crippen LogP contribution in [-0.2, 0) is 20.1 Å². The lowest BCUT2D eigenvalue weighted by molar-refractivity contribution is 0.0943. The number of ether oxygens (including phenoxy) is 2. The van der Waals surface area contributed by atoms with Crippen molar-refractivity contribution in [2.75, 3.05) is 12.1 Å². The normalized spacial score (nSPS) is 12.0.